The van der Waals surface area contributed by atoms with Gasteiger partial charge in [0.25, 0.3) is 0 Å². The molecule has 5 heteroatoms. The first-order valence-electron chi connectivity index (χ1n) is 4.32. The van der Waals surface area contributed by atoms with Crippen LogP contribution in [0.1, 0.15) is 30.4 Å². The number of aromatic nitrogens is 3. The van der Waals surface area contributed by atoms with Crippen molar-refractivity contribution in [1.29, 1.82) is 0 Å². The van der Waals surface area contributed by atoms with Gasteiger partial charge < -0.3 is 9.67 Å². The molecule has 1 aliphatic rings. The first kappa shape index (κ1) is 8.22. The predicted molar refractivity (Wildman–Crippen MR) is 44.4 cm³/mol. The summed E-state index contributed by atoms with van der Waals surface area (Å²) in [6.07, 6.45) is 1.57. The maximum atomic E-state index is 10.8. The van der Waals surface area contributed by atoms with Crippen molar-refractivity contribution < 1.29 is 9.90 Å². The van der Waals surface area contributed by atoms with Crippen molar-refractivity contribution in [2.75, 3.05) is 0 Å². The van der Waals surface area contributed by atoms with Crippen molar-refractivity contribution in [3.63, 3.8) is 0 Å². The Morgan fingerprint density at radius 3 is 3.08 bits per heavy atom. The topological polar surface area (TPSA) is 68.0 Å². The van der Waals surface area contributed by atoms with Gasteiger partial charge in [-0.15, -0.1) is 10.2 Å². The van der Waals surface area contributed by atoms with Crippen LogP contribution >= 0.6 is 0 Å². The molecule has 5 nitrogen and oxygen atoms in total. The van der Waals surface area contributed by atoms with Crippen molar-refractivity contribution in [2.24, 2.45) is 0 Å². The van der Waals surface area contributed by atoms with Crippen LogP contribution in [0.25, 0.3) is 0 Å². The summed E-state index contributed by atoms with van der Waals surface area (Å²) in [4.78, 5) is 10.8. The van der Waals surface area contributed by atoms with Gasteiger partial charge >= 0.3 is 5.97 Å². The standard InChI is InChI=1S/C8H11N3O2/c1-5-9-10-7-6(8(12)13)3-2-4-11(5)7/h6H,2-4H2,1H3,(H,12,13)/t6-/m0/s1. The van der Waals surface area contributed by atoms with E-state index < -0.39 is 11.9 Å². The van der Waals surface area contributed by atoms with Crippen LogP contribution in [-0.4, -0.2) is 25.8 Å². The number of nitrogens with zero attached hydrogens (tertiary/aromatic N) is 3. The van der Waals surface area contributed by atoms with Gasteiger partial charge in [-0.05, 0) is 19.8 Å². The summed E-state index contributed by atoms with van der Waals surface area (Å²) in [6, 6.07) is 0. The Morgan fingerprint density at radius 2 is 2.38 bits per heavy atom. The average molecular weight is 181 g/mol. The molecule has 1 aliphatic heterocycles. The van der Waals surface area contributed by atoms with Gasteiger partial charge in [0, 0.05) is 6.54 Å². The fourth-order valence-electron chi connectivity index (χ4n) is 1.75. The highest BCUT2D eigenvalue weighted by Crippen LogP contribution is 2.26. The van der Waals surface area contributed by atoms with E-state index >= 15 is 0 Å². The largest absolute Gasteiger partial charge is 0.481 e. The fourth-order valence-corrected chi connectivity index (χ4v) is 1.75. The Kier molecular flexibility index (Phi) is 1.79. The number of carboxylic acid groups (broad SMARTS) is 1. The molecule has 1 aromatic rings. The molecule has 0 aromatic carbocycles. The van der Waals surface area contributed by atoms with Gasteiger partial charge in [-0.25, -0.2) is 0 Å². The highest BCUT2D eigenvalue weighted by molar-refractivity contribution is 5.75. The molecule has 0 radical (unpaired) electrons. The molecule has 2 heterocycles. The number of hydrogen-bond acceptors (Lipinski definition) is 3. The van der Waals surface area contributed by atoms with Crippen molar-refractivity contribution in [1.82, 2.24) is 14.8 Å². The van der Waals surface area contributed by atoms with E-state index in [0.717, 1.165) is 18.8 Å². The van der Waals surface area contributed by atoms with Gasteiger partial charge in [-0.1, -0.05) is 0 Å². The Bertz CT molecular complexity index is 345. The van der Waals surface area contributed by atoms with E-state index in [1.54, 1.807) is 0 Å². The minimum atomic E-state index is -0.798. The van der Waals surface area contributed by atoms with Gasteiger partial charge in [0.15, 0.2) is 0 Å². The highest BCUT2D eigenvalue weighted by atomic mass is 16.4. The van der Waals surface area contributed by atoms with Crippen molar-refractivity contribution in [2.45, 2.75) is 32.2 Å². The van der Waals surface area contributed by atoms with Crippen LogP contribution in [0.15, 0.2) is 0 Å². The lowest BCUT2D eigenvalue weighted by Crippen LogP contribution is -2.22. The average Bonchev–Trinajstić information content (AvgIpc) is 2.48. The Labute approximate surface area is 75.4 Å². The molecular weight excluding hydrogens is 170 g/mol. The molecular formula is C8H11N3O2. The minimum Gasteiger partial charge on any atom is -0.481 e. The summed E-state index contributed by atoms with van der Waals surface area (Å²) in [7, 11) is 0. The van der Waals surface area contributed by atoms with E-state index in [-0.39, 0.29) is 0 Å². The third kappa shape index (κ3) is 1.20. The van der Waals surface area contributed by atoms with E-state index in [0.29, 0.717) is 12.2 Å². The second-order valence-electron chi connectivity index (χ2n) is 3.29. The zero-order valence-electron chi connectivity index (χ0n) is 7.40. The molecule has 0 saturated carbocycles. The van der Waals surface area contributed by atoms with Crippen LogP contribution < -0.4 is 0 Å². The SMILES string of the molecule is Cc1nnc2n1CCC[C@@H]2C(=O)O. The van der Waals surface area contributed by atoms with Gasteiger partial charge in [0.1, 0.15) is 17.6 Å². The van der Waals surface area contributed by atoms with Crippen molar-refractivity contribution >= 4 is 5.97 Å². The second kappa shape index (κ2) is 2.83. The molecule has 0 spiro atoms. The summed E-state index contributed by atoms with van der Waals surface area (Å²) in [5.41, 5.74) is 0. The van der Waals surface area contributed by atoms with E-state index in [1.165, 1.54) is 0 Å². The number of rotatable bonds is 1. The molecule has 0 fully saturated rings. The normalized spacial score (nSPS) is 21.2. The van der Waals surface area contributed by atoms with Gasteiger partial charge in [-0.3, -0.25) is 4.79 Å². The minimum absolute atomic E-state index is 0.463. The van der Waals surface area contributed by atoms with Crippen molar-refractivity contribution in [3.05, 3.63) is 11.6 Å². The van der Waals surface area contributed by atoms with Crippen LogP contribution in [0.2, 0.25) is 0 Å². The molecule has 70 valence electrons. The van der Waals surface area contributed by atoms with E-state index in [1.807, 2.05) is 11.5 Å². The third-order valence-electron chi connectivity index (χ3n) is 2.45. The van der Waals surface area contributed by atoms with Gasteiger partial charge in [0.2, 0.25) is 0 Å². The molecule has 1 atom stereocenters. The summed E-state index contributed by atoms with van der Waals surface area (Å²) in [6.45, 7) is 2.69. The van der Waals surface area contributed by atoms with Gasteiger partial charge in [0.05, 0.1) is 0 Å². The monoisotopic (exact) mass is 181 g/mol. The van der Waals surface area contributed by atoms with Crippen LogP contribution in [0, 0.1) is 6.92 Å². The van der Waals surface area contributed by atoms with Crippen LogP contribution in [0.5, 0.6) is 0 Å². The predicted octanol–water partition coefficient (Wildman–Crippen LogP) is 0.549. The van der Waals surface area contributed by atoms with Crippen molar-refractivity contribution in [3.8, 4) is 0 Å². The summed E-state index contributed by atoms with van der Waals surface area (Å²) < 4.78 is 1.89. The molecule has 0 unspecified atom stereocenters. The fraction of sp³-hybridized carbons (Fsp3) is 0.625. The zero-order valence-corrected chi connectivity index (χ0v) is 7.40. The molecule has 1 aromatic heterocycles. The summed E-state index contributed by atoms with van der Waals surface area (Å²) in [5, 5.41) is 16.7. The molecule has 0 bridgehead atoms. The molecule has 0 aliphatic carbocycles. The number of carboxylic acids is 1. The molecule has 1 N–H and O–H groups in total. The molecule has 13 heavy (non-hydrogen) atoms. The quantitative estimate of drug-likeness (QED) is 0.686. The van der Waals surface area contributed by atoms with Crippen LogP contribution in [0.3, 0.4) is 0 Å². The number of aliphatic carboxylic acids is 1. The maximum Gasteiger partial charge on any atom is 0.314 e. The van der Waals surface area contributed by atoms with Crippen LogP contribution in [-0.2, 0) is 11.3 Å². The van der Waals surface area contributed by atoms with E-state index in [4.69, 9.17) is 5.11 Å². The zero-order chi connectivity index (χ0) is 9.42. The second-order valence-corrected chi connectivity index (χ2v) is 3.29. The number of carbonyl (C=O) groups is 1. The first-order valence-corrected chi connectivity index (χ1v) is 4.32. The lowest BCUT2D eigenvalue weighted by molar-refractivity contribution is -0.139. The smallest absolute Gasteiger partial charge is 0.314 e. The molecule has 0 amide bonds. The Hall–Kier alpha value is -1.39. The lowest BCUT2D eigenvalue weighted by Gasteiger charge is -2.19. The molecule has 2 rings (SSSR count). The summed E-state index contributed by atoms with van der Waals surface area (Å²) >= 11 is 0. The van der Waals surface area contributed by atoms with Gasteiger partial charge in [-0.2, -0.15) is 0 Å². The van der Waals surface area contributed by atoms with E-state index in [2.05, 4.69) is 10.2 Å². The third-order valence-corrected chi connectivity index (χ3v) is 2.45. The number of aryl methyl sites for hydroxylation is 1. The first-order chi connectivity index (χ1) is 6.20. The Morgan fingerprint density at radius 1 is 1.62 bits per heavy atom. The van der Waals surface area contributed by atoms with E-state index in [9.17, 15) is 4.79 Å². The van der Waals surface area contributed by atoms with Crippen LogP contribution in [0.4, 0.5) is 0 Å². The number of fused-ring (bicyclic) bond motifs is 1. The Balaban J connectivity index is 2.43. The highest BCUT2D eigenvalue weighted by Gasteiger charge is 2.29. The maximum absolute atomic E-state index is 10.8. The molecule has 0 saturated heterocycles. The lowest BCUT2D eigenvalue weighted by atomic mass is 9.99. The number of hydrogen-bond donors (Lipinski definition) is 1. The summed E-state index contributed by atoms with van der Waals surface area (Å²) in [5.74, 6) is 0.153.